The van der Waals surface area contributed by atoms with Crippen molar-refractivity contribution in [2.45, 2.75) is 25.8 Å². The Morgan fingerprint density at radius 1 is 1.30 bits per heavy atom. The lowest BCUT2D eigenvalue weighted by Crippen LogP contribution is -2.24. The lowest BCUT2D eigenvalue weighted by Gasteiger charge is -2.16. The van der Waals surface area contributed by atoms with Crippen LogP contribution in [0.15, 0.2) is 16.6 Å². The molecule has 0 aromatic heterocycles. The first-order valence-electron chi connectivity index (χ1n) is 7.00. The van der Waals surface area contributed by atoms with E-state index in [2.05, 4.69) is 21.2 Å². The number of hydrogen-bond acceptors (Lipinski definition) is 4. The van der Waals surface area contributed by atoms with Crippen molar-refractivity contribution in [3.05, 3.63) is 22.2 Å². The largest absolute Gasteiger partial charge is 0.454 e. The molecule has 3 rings (SSSR count). The van der Waals surface area contributed by atoms with Crippen molar-refractivity contribution in [2.75, 3.05) is 27.1 Å². The maximum Gasteiger partial charge on any atom is 0.231 e. The quantitative estimate of drug-likeness (QED) is 0.827. The molecule has 1 N–H and O–H groups in total. The van der Waals surface area contributed by atoms with E-state index in [4.69, 9.17) is 14.2 Å². The summed E-state index contributed by atoms with van der Waals surface area (Å²) in [6.45, 7) is 3.07. The van der Waals surface area contributed by atoms with Crippen LogP contribution in [0.25, 0.3) is 0 Å². The molecular formula is C15H20BrNO3. The highest BCUT2D eigenvalue weighted by Crippen LogP contribution is 2.48. The summed E-state index contributed by atoms with van der Waals surface area (Å²) in [4.78, 5) is 0. The first-order chi connectivity index (χ1) is 9.72. The molecule has 0 unspecified atom stereocenters. The van der Waals surface area contributed by atoms with Crippen LogP contribution < -0.4 is 14.8 Å². The SMILES string of the molecule is COCCC1(CNCc2cc3c(cc2Br)OCO3)CC1. The summed E-state index contributed by atoms with van der Waals surface area (Å²) in [5.74, 6) is 1.66. The topological polar surface area (TPSA) is 39.7 Å². The van der Waals surface area contributed by atoms with Crippen LogP contribution in [0.4, 0.5) is 0 Å². The average molecular weight is 342 g/mol. The Kier molecular flexibility index (Phi) is 4.19. The van der Waals surface area contributed by atoms with Gasteiger partial charge >= 0.3 is 0 Å². The van der Waals surface area contributed by atoms with Crippen molar-refractivity contribution in [3.8, 4) is 11.5 Å². The zero-order valence-corrected chi connectivity index (χ0v) is 13.3. The van der Waals surface area contributed by atoms with Crippen molar-refractivity contribution < 1.29 is 14.2 Å². The van der Waals surface area contributed by atoms with Crippen LogP contribution in [0.2, 0.25) is 0 Å². The predicted octanol–water partition coefficient (Wildman–Crippen LogP) is 3.08. The Morgan fingerprint density at radius 2 is 2.05 bits per heavy atom. The van der Waals surface area contributed by atoms with Gasteiger partial charge in [0, 0.05) is 31.3 Å². The third kappa shape index (κ3) is 3.10. The molecule has 0 spiro atoms. The molecule has 1 saturated carbocycles. The van der Waals surface area contributed by atoms with Crippen molar-refractivity contribution in [2.24, 2.45) is 5.41 Å². The van der Waals surface area contributed by atoms with E-state index >= 15 is 0 Å². The zero-order valence-electron chi connectivity index (χ0n) is 11.7. The molecular weight excluding hydrogens is 322 g/mol. The van der Waals surface area contributed by atoms with Crippen molar-refractivity contribution in [1.82, 2.24) is 5.32 Å². The van der Waals surface area contributed by atoms with Gasteiger partial charge in [-0.05, 0) is 42.4 Å². The Morgan fingerprint density at radius 3 is 2.75 bits per heavy atom. The summed E-state index contributed by atoms with van der Waals surface area (Å²) in [6, 6.07) is 4.03. The Hall–Kier alpha value is -0.780. The molecule has 1 aliphatic carbocycles. The summed E-state index contributed by atoms with van der Waals surface area (Å²) < 4.78 is 17.0. The highest BCUT2D eigenvalue weighted by atomic mass is 79.9. The van der Waals surface area contributed by atoms with E-state index in [1.807, 2.05) is 12.1 Å². The molecule has 1 heterocycles. The van der Waals surface area contributed by atoms with Crippen LogP contribution in [-0.4, -0.2) is 27.1 Å². The summed E-state index contributed by atoms with van der Waals surface area (Å²) in [5.41, 5.74) is 1.68. The van der Waals surface area contributed by atoms with Crippen molar-refractivity contribution >= 4 is 15.9 Å². The maximum atomic E-state index is 5.42. The van der Waals surface area contributed by atoms with Gasteiger partial charge in [0.1, 0.15) is 0 Å². The standard InChI is InChI=1S/C15H20BrNO3/c1-18-5-4-15(2-3-15)9-17-8-11-6-13-14(7-12(11)16)20-10-19-13/h6-7,17H,2-5,8-10H2,1H3. The van der Waals surface area contributed by atoms with E-state index in [0.29, 0.717) is 12.2 Å². The molecule has 0 amide bonds. The van der Waals surface area contributed by atoms with Crippen LogP contribution >= 0.6 is 15.9 Å². The predicted molar refractivity (Wildman–Crippen MR) is 80.1 cm³/mol. The second-order valence-electron chi connectivity index (χ2n) is 5.64. The number of fused-ring (bicyclic) bond motifs is 1. The highest BCUT2D eigenvalue weighted by Gasteiger charge is 2.41. The molecule has 20 heavy (non-hydrogen) atoms. The second kappa shape index (κ2) is 5.92. The van der Waals surface area contributed by atoms with Gasteiger partial charge in [0.25, 0.3) is 0 Å². The Balaban J connectivity index is 1.54. The molecule has 0 saturated heterocycles. The van der Waals surface area contributed by atoms with Gasteiger partial charge < -0.3 is 19.5 Å². The van der Waals surface area contributed by atoms with E-state index in [1.165, 1.54) is 18.4 Å². The van der Waals surface area contributed by atoms with Crippen LogP contribution in [-0.2, 0) is 11.3 Å². The fourth-order valence-corrected chi connectivity index (χ4v) is 3.03. The van der Waals surface area contributed by atoms with E-state index < -0.39 is 0 Å². The minimum atomic E-state index is 0.318. The number of nitrogens with one attached hydrogen (secondary N) is 1. The minimum absolute atomic E-state index is 0.318. The second-order valence-corrected chi connectivity index (χ2v) is 6.50. The van der Waals surface area contributed by atoms with Crippen molar-refractivity contribution in [1.29, 1.82) is 0 Å². The highest BCUT2D eigenvalue weighted by molar-refractivity contribution is 9.10. The number of rotatable bonds is 7. The summed E-state index contributed by atoms with van der Waals surface area (Å²) in [7, 11) is 1.77. The third-order valence-electron chi connectivity index (χ3n) is 4.15. The van der Waals surface area contributed by atoms with E-state index in [9.17, 15) is 0 Å². The average Bonchev–Trinajstić information content (AvgIpc) is 3.07. The fraction of sp³-hybridized carbons (Fsp3) is 0.600. The van der Waals surface area contributed by atoms with Crippen LogP contribution in [0, 0.1) is 5.41 Å². The minimum Gasteiger partial charge on any atom is -0.454 e. The molecule has 0 atom stereocenters. The summed E-state index contributed by atoms with van der Waals surface area (Å²) in [5, 5.41) is 3.56. The first kappa shape index (κ1) is 14.2. The molecule has 2 aliphatic rings. The van der Waals surface area contributed by atoms with Gasteiger partial charge in [0.15, 0.2) is 11.5 Å². The number of methoxy groups -OCH3 is 1. The molecule has 110 valence electrons. The smallest absolute Gasteiger partial charge is 0.231 e. The van der Waals surface area contributed by atoms with Gasteiger partial charge in [0.2, 0.25) is 6.79 Å². The Labute approximate surface area is 127 Å². The molecule has 1 fully saturated rings. The third-order valence-corrected chi connectivity index (χ3v) is 4.89. The zero-order chi connectivity index (χ0) is 14.0. The molecule has 4 nitrogen and oxygen atoms in total. The van der Waals surface area contributed by atoms with Gasteiger partial charge in [-0.2, -0.15) is 0 Å². The summed E-state index contributed by atoms with van der Waals surface area (Å²) in [6.07, 6.45) is 3.77. The molecule has 0 bridgehead atoms. The van der Waals surface area contributed by atoms with E-state index in [0.717, 1.165) is 42.1 Å². The van der Waals surface area contributed by atoms with Crippen LogP contribution in [0.5, 0.6) is 11.5 Å². The van der Waals surface area contributed by atoms with Gasteiger partial charge in [0.05, 0.1) is 0 Å². The first-order valence-corrected chi connectivity index (χ1v) is 7.79. The Bertz CT molecular complexity index is 488. The number of halogens is 1. The molecule has 1 aromatic carbocycles. The number of benzene rings is 1. The van der Waals surface area contributed by atoms with Crippen LogP contribution in [0.1, 0.15) is 24.8 Å². The monoisotopic (exact) mass is 341 g/mol. The molecule has 1 aromatic rings. The number of ether oxygens (including phenoxy) is 3. The molecule has 5 heteroatoms. The molecule has 0 radical (unpaired) electrons. The van der Waals surface area contributed by atoms with Gasteiger partial charge in [-0.1, -0.05) is 15.9 Å². The van der Waals surface area contributed by atoms with Gasteiger partial charge in [-0.15, -0.1) is 0 Å². The van der Waals surface area contributed by atoms with Crippen molar-refractivity contribution in [3.63, 3.8) is 0 Å². The normalized spacial score (nSPS) is 18.3. The lowest BCUT2D eigenvalue weighted by atomic mass is 10.0. The maximum absolute atomic E-state index is 5.42. The summed E-state index contributed by atoms with van der Waals surface area (Å²) >= 11 is 3.59. The fourth-order valence-electron chi connectivity index (χ4n) is 2.57. The van der Waals surface area contributed by atoms with Gasteiger partial charge in [-0.25, -0.2) is 0 Å². The van der Waals surface area contributed by atoms with Gasteiger partial charge in [-0.3, -0.25) is 0 Å². The van der Waals surface area contributed by atoms with Crippen LogP contribution in [0.3, 0.4) is 0 Å². The van der Waals surface area contributed by atoms with E-state index in [-0.39, 0.29) is 0 Å². The molecule has 1 aliphatic heterocycles. The number of hydrogen-bond donors (Lipinski definition) is 1. The van der Waals surface area contributed by atoms with E-state index in [1.54, 1.807) is 7.11 Å². The lowest BCUT2D eigenvalue weighted by molar-refractivity contribution is 0.171.